The van der Waals surface area contributed by atoms with Crippen LogP contribution in [0, 0.1) is 5.92 Å². The Labute approximate surface area is 549 Å². The van der Waals surface area contributed by atoms with Crippen molar-refractivity contribution in [2.24, 2.45) is 5.92 Å². The molecule has 0 amide bonds. The molecule has 6 atom stereocenters. The molecule has 0 aromatic heterocycles. The van der Waals surface area contributed by atoms with Gasteiger partial charge in [0.15, 0.2) is 41.1 Å². The standard InChI is InChI=1S/C77H93N3O13/c1-74(2,54-19-17-53(18-20-54)73(83)92-60-30-32-75(36-39-78(3)68(75)46-60)55-21-26-62(84-4)65(43-55)87-7)35-40-79-41-37-76(56-22-27-63(85-5)66(44-56)88-8)33-29-59(47-69(76)79)91-71(81)50-90-58-24-15-51(16-25-58)49-80-42-38-77(57-23-28-64(86-6)67(45-57)89-9)34-31-61(48-70(77)80)93-72(82)52-13-11-10-12-14-52/h15-31,43-45,52,68-70H,10-14,32-42,46-50H2,1-9H3/t68-,69-,70-,75-,76-,77-/m0/s1. The molecule has 1 saturated carbocycles. The number of likely N-dealkylation sites (tertiary alicyclic amines) is 3. The van der Waals surface area contributed by atoms with Crippen LogP contribution in [-0.4, -0.2) is 133 Å². The van der Waals surface area contributed by atoms with E-state index >= 15 is 0 Å². The van der Waals surface area contributed by atoms with Gasteiger partial charge in [-0.05, 0) is 203 Å². The molecular formula is C77H93N3O13. The van der Waals surface area contributed by atoms with Crippen LogP contribution in [-0.2, 0) is 52.0 Å². The van der Waals surface area contributed by atoms with E-state index in [4.69, 9.17) is 47.4 Å². The summed E-state index contributed by atoms with van der Waals surface area (Å²) in [6.45, 7) is 8.44. The second kappa shape index (κ2) is 27.7. The quantitative estimate of drug-likeness (QED) is 0.0450. The fourth-order valence-electron chi connectivity index (χ4n) is 16.7. The Morgan fingerprint density at radius 3 is 1.53 bits per heavy atom. The van der Waals surface area contributed by atoms with Crippen molar-refractivity contribution in [1.29, 1.82) is 0 Å². The van der Waals surface area contributed by atoms with Gasteiger partial charge < -0.3 is 52.3 Å². The van der Waals surface area contributed by atoms with Crippen LogP contribution in [0.25, 0.3) is 0 Å². The van der Waals surface area contributed by atoms with Gasteiger partial charge in [-0.15, -0.1) is 0 Å². The molecular weight excluding hydrogens is 1170 g/mol. The van der Waals surface area contributed by atoms with Gasteiger partial charge in [0.2, 0.25) is 0 Å². The van der Waals surface area contributed by atoms with Gasteiger partial charge in [-0.25, -0.2) is 9.59 Å². The van der Waals surface area contributed by atoms with E-state index in [1.165, 1.54) is 17.5 Å². The molecule has 7 aliphatic rings. The maximum absolute atomic E-state index is 13.8. The number of carbonyl (C=O) groups is 3. The number of likely N-dealkylation sites (N-methyl/N-ethyl adjacent to an activating group) is 1. The first-order chi connectivity index (χ1) is 45.0. The van der Waals surface area contributed by atoms with E-state index in [2.05, 4.69) is 114 Å². The number of carbonyl (C=O) groups excluding carboxylic acids is 3. The highest BCUT2D eigenvalue weighted by atomic mass is 16.6. The maximum atomic E-state index is 13.8. The van der Waals surface area contributed by atoms with Gasteiger partial charge in [-0.1, -0.05) is 75.6 Å². The molecule has 0 unspecified atom stereocenters. The molecule has 93 heavy (non-hydrogen) atoms. The largest absolute Gasteiger partial charge is 0.493 e. The minimum atomic E-state index is -0.458. The van der Waals surface area contributed by atoms with Crippen molar-refractivity contribution in [1.82, 2.24) is 14.7 Å². The third-order valence-electron chi connectivity index (χ3n) is 22.3. The van der Waals surface area contributed by atoms with Crippen molar-refractivity contribution in [2.45, 2.75) is 156 Å². The van der Waals surface area contributed by atoms with Crippen LogP contribution in [0.4, 0.5) is 0 Å². The molecule has 0 radical (unpaired) electrons. The van der Waals surface area contributed by atoms with Crippen LogP contribution in [0.2, 0.25) is 0 Å². The van der Waals surface area contributed by atoms with Gasteiger partial charge >= 0.3 is 17.9 Å². The van der Waals surface area contributed by atoms with Crippen LogP contribution in [0.15, 0.2) is 139 Å². The van der Waals surface area contributed by atoms with E-state index in [1.807, 2.05) is 42.5 Å². The molecule has 4 aliphatic carbocycles. The third-order valence-corrected chi connectivity index (χ3v) is 22.3. The van der Waals surface area contributed by atoms with Crippen LogP contribution >= 0.6 is 0 Å². The summed E-state index contributed by atoms with van der Waals surface area (Å²) in [4.78, 5) is 48.5. The summed E-state index contributed by atoms with van der Waals surface area (Å²) in [6.07, 6.45) is 19.1. The lowest BCUT2D eigenvalue weighted by Crippen LogP contribution is -2.46. The summed E-state index contributed by atoms with van der Waals surface area (Å²) in [5, 5.41) is 0. The predicted octanol–water partition coefficient (Wildman–Crippen LogP) is 13.5. The Bertz CT molecular complexity index is 3630. The SMILES string of the molecule is COc1ccc([C@@]23CC=C(OC(=O)c4ccc(C(C)(C)CCN5CC[C@]6(c7ccc(OC)c(OC)c7)CC=C(OC(=O)COc7ccc(CN8CC[C@]9(c%10ccc(OC)c(OC)c%10)CC=C(OC(=O)C%10CCCCC%10)C[C@H]89)cc7)C[C@H]56)cc4)C[C@@H]2N(C)CC3)cc1OC. The molecule has 5 aromatic carbocycles. The highest BCUT2D eigenvalue weighted by Gasteiger charge is 2.53. The monoisotopic (exact) mass is 1270 g/mol. The smallest absolute Gasteiger partial charge is 0.349 e. The van der Waals surface area contributed by atoms with E-state index < -0.39 is 5.97 Å². The molecule has 12 rings (SSSR count). The minimum Gasteiger partial charge on any atom is -0.493 e. The molecule has 4 fully saturated rings. The molecule has 5 aromatic rings. The predicted molar refractivity (Wildman–Crippen MR) is 356 cm³/mol. The summed E-state index contributed by atoms with van der Waals surface area (Å²) in [7, 11) is 12.1. The molecule has 3 aliphatic heterocycles. The average molecular weight is 1270 g/mol. The Hall–Kier alpha value is -7.79. The zero-order valence-electron chi connectivity index (χ0n) is 55.9. The highest BCUT2D eigenvalue weighted by Crippen LogP contribution is 2.54. The van der Waals surface area contributed by atoms with Crippen molar-refractivity contribution in [2.75, 3.05) is 82.5 Å². The van der Waals surface area contributed by atoms with Crippen molar-refractivity contribution >= 4 is 17.9 Å². The Morgan fingerprint density at radius 1 is 0.516 bits per heavy atom. The van der Waals surface area contributed by atoms with Gasteiger partial charge in [0.25, 0.3) is 0 Å². The van der Waals surface area contributed by atoms with Crippen LogP contribution in [0.3, 0.4) is 0 Å². The van der Waals surface area contributed by atoms with Gasteiger partial charge in [0.1, 0.15) is 23.0 Å². The molecule has 3 heterocycles. The number of ether oxygens (including phenoxy) is 10. The minimum absolute atomic E-state index is 0.0275. The number of hydrogen-bond donors (Lipinski definition) is 0. The molecule has 494 valence electrons. The van der Waals surface area contributed by atoms with Crippen molar-refractivity contribution in [3.8, 4) is 40.2 Å². The highest BCUT2D eigenvalue weighted by molar-refractivity contribution is 5.90. The first-order valence-corrected chi connectivity index (χ1v) is 33.4. The lowest BCUT2D eigenvalue weighted by molar-refractivity contribution is -0.146. The maximum Gasteiger partial charge on any atom is 0.349 e. The summed E-state index contributed by atoms with van der Waals surface area (Å²) in [5.41, 5.74) is 5.48. The number of benzene rings is 5. The fourth-order valence-corrected chi connectivity index (χ4v) is 16.7. The molecule has 0 spiro atoms. The first-order valence-electron chi connectivity index (χ1n) is 33.4. The number of esters is 3. The number of fused-ring (bicyclic) bond motifs is 3. The van der Waals surface area contributed by atoms with E-state index in [1.54, 1.807) is 42.7 Å². The lowest BCUT2D eigenvalue weighted by atomic mass is 9.68. The van der Waals surface area contributed by atoms with Crippen LogP contribution in [0.1, 0.15) is 148 Å². The van der Waals surface area contributed by atoms with Gasteiger partial charge in [0.05, 0.1) is 54.1 Å². The van der Waals surface area contributed by atoms with E-state index in [-0.39, 0.29) is 64.2 Å². The molecule has 0 bridgehead atoms. The number of allylic oxidation sites excluding steroid dienone is 3. The summed E-state index contributed by atoms with van der Waals surface area (Å²) < 4.78 is 58.9. The Kier molecular flexibility index (Phi) is 19.4. The van der Waals surface area contributed by atoms with Crippen molar-refractivity contribution in [3.05, 3.63) is 172 Å². The number of hydrogen-bond acceptors (Lipinski definition) is 16. The Balaban J connectivity index is 0.677. The normalized spacial score (nSPS) is 24.9. The lowest BCUT2D eigenvalue weighted by Gasteiger charge is -2.42. The van der Waals surface area contributed by atoms with Gasteiger partial charge in [-0.3, -0.25) is 14.6 Å². The zero-order chi connectivity index (χ0) is 65.1. The van der Waals surface area contributed by atoms with Crippen molar-refractivity contribution < 1.29 is 61.8 Å². The van der Waals surface area contributed by atoms with E-state index in [0.29, 0.717) is 89.6 Å². The van der Waals surface area contributed by atoms with E-state index in [9.17, 15) is 14.4 Å². The number of methoxy groups -OCH3 is 6. The average Bonchev–Trinajstić information content (AvgIpc) is 1.96. The molecule has 3 saturated heterocycles. The molecule has 16 heteroatoms. The number of nitrogens with zero attached hydrogens (tertiary/aromatic N) is 3. The second-order valence-electron chi connectivity index (χ2n) is 27.5. The van der Waals surface area contributed by atoms with Gasteiger partial charge in [-0.2, -0.15) is 0 Å². The summed E-state index contributed by atoms with van der Waals surface area (Å²) in [6, 6.07) is 34.9. The van der Waals surface area contributed by atoms with Crippen LogP contribution < -0.4 is 33.2 Å². The Morgan fingerprint density at radius 2 is 0.989 bits per heavy atom. The first kappa shape index (κ1) is 65.3. The topological polar surface area (TPSA) is 153 Å². The summed E-state index contributed by atoms with van der Waals surface area (Å²) in [5.74, 6) is 5.93. The number of rotatable bonds is 23. The summed E-state index contributed by atoms with van der Waals surface area (Å²) >= 11 is 0. The third kappa shape index (κ3) is 13.1. The van der Waals surface area contributed by atoms with Crippen LogP contribution in [0.5, 0.6) is 40.2 Å². The zero-order valence-corrected chi connectivity index (χ0v) is 55.9. The molecule has 16 nitrogen and oxygen atoms in total. The molecule has 0 N–H and O–H groups in total. The fraction of sp³-hybridized carbons (Fsp3) is 0.494. The van der Waals surface area contributed by atoms with Crippen molar-refractivity contribution in [3.63, 3.8) is 0 Å². The second-order valence-corrected chi connectivity index (χ2v) is 27.5. The van der Waals surface area contributed by atoms with Gasteiger partial charge in [0, 0.05) is 60.2 Å². The van der Waals surface area contributed by atoms with E-state index in [0.717, 1.165) is 113 Å².